The number of alkyl halides is 3. The summed E-state index contributed by atoms with van der Waals surface area (Å²) in [6.07, 6.45) is -2.80. The van der Waals surface area contributed by atoms with Gasteiger partial charge < -0.3 is 18.9 Å². The molecule has 0 saturated heterocycles. The molecule has 0 unspecified atom stereocenters. The second-order valence-electron chi connectivity index (χ2n) is 6.46. The van der Waals surface area contributed by atoms with E-state index < -0.39 is 23.9 Å². The van der Waals surface area contributed by atoms with Crippen molar-refractivity contribution < 1.29 is 41.7 Å². The van der Waals surface area contributed by atoms with E-state index in [1.807, 2.05) is 0 Å². The maximum atomic E-state index is 12.6. The number of para-hydroxylation sites is 1. The lowest BCUT2D eigenvalue weighted by atomic mass is 10.1. The zero-order valence-corrected chi connectivity index (χ0v) is 18.8. The fourth-order valence-corrected chi connectivity index (χ4v) is 2.75. The summed E-state index contributed by atoms with van der Waals surface area (Å²) in [4.78, 5) is 24.7. The molecule has 11 heteroatoms. The van der Waals surface area contributed by atoms with Crippen molar-refractivity contribution in [2.24, 2.45) is 0 Å². The predicted octanol–water partition coefficient (Wildman–Crippen LogP) is 4.26. The predicted molar refractivity (Wildman–Crippen MR) is 118 cm³/mol. The van der Waals surface area contributed by atoms with E-state index in [-0.39, 0.29) is 11.1 Å². The molecule has 2 amide bonds. The molecule has 0 aliphatic rings. The van der Waals surface area contributed by atoms with Crippen LogP contribution >= 0.6 is 0 Å². The quantitative estimate of drug-likeness (QED) is 0.388. The number of benzene rings is 2. The third kappa shape index (κ3) is 7.91. The van der Waals surface area contributed by atoms with Gasteiger partial charge in [0, 0.05) is 17.2 Å². The van der Waals surface area contributed by atoms with Crippen LogP contribution in [0.2, 0.25) is 0 Å². The van der Waals surface area contributed by atoms with Gasteiger partial charge in [-0.25, -0.2) is 0 Å². The summed E-state index contributed by atoms with van der Waals surface area (Å²) in [6, 6.07) is 8.19. The van der Waals surface area contributed by atoms with Gasteiger partial charge in [0.25, 0.3) is 11.8 Å². The van der Waals surface area contributed by atoms with Crippen LogP contribution in [0.5, 0.6) is 23.0 Å². The first-order valence-corrected chi connectivity index (χ1v) is 10.4. The number of hydrogen-bond acceptors (Lipinski definition) is 6. The molecule has 184 valence electrons. The number of amides is 2. The number of hydrazine groups is 1. The van der Waals surface area contributed by atoms with Crippen LogP contribution in [0.3, 0.4) is 0 Å². The topological polar surface area (TPSA) is 95.1 Å². The van der Waals surface area contributed by atoms with E-state index in [1.54, 1.807) is 20.8 Å². The normalized spacial score (nSPS) is 11.1. The zero-order valence-electron chi connectivity index (χ0n) is 18.8. The maximum absolute atomic E-state index is 12.6. The molecule has 0 bridgehead atoms. The fourth-order valence-electron chi connectivity index (χ4n) is 2.75. The number of carbonyl (C=O) groups is 2. The molecule has 0 radical (unpaired) electrons. The minimum atomic E-state index is -4.88. The van der Waals surface area contributed by atoms with E-state index in [9.17, 15) is 22.8 Å². The minimum absolute atomic E-state index is 0.0236. The van der Waals surface area contributed by atoms with Gasteiger partial charge in [0.05, 0.1) is 19.8 Å². The Kier molecular flexibility index (Phi) is 9.60. The Morgan fingerprint density at radius 1 is 0.882 bits per heavy atom. The summed E-state index contributed by atoms with van der Waals surface area (Å²) in [6.45, 7) is 6.32. The van der Waals surface area contributed by atoms with Gasteiger partial charge in [0.15, 0.2) is 11.5 Å². The average Bonchev–Trinajstić information content (AvgIpc) is 2.78. The Morgan fingerprint density at radius 2 is 1.47 bits per heavy atom. The Bertz CT molecular complexity index is 997. The minimum Gasteiger partial charge on any atom is -0.490 e. The van der Waals surface area contributed by atoms with E-state index >= 15 is 0 Å². The molecule has 8 nitrogen and oxygen atoms in total. The molecule has 0 fully saturated rings. The van der Waals surface area contributed by atoms with E-state index in [2.05, 4.69) is 15.6 Å². The molecule has 34 heavy (non-hydrogen) atoms. The van der Waals surface area contributed by atoms with E-state index in [1.165, 1.54) is 30.3 Å². The third-order valence-electron chi connectivity index (χ3n) is 4.03. The monoisotopic (exact) mass is 482 g/mol. The van der Waals surface area contributed by atoms with E-state index in [0.717, 1.165) is 18.2 Å². The molecule has 0 aromatic heterocycles. The number of hydrogen-bond donors (Lipinski definition) is 2. The van der Waals surface area contributed by atoms with Crippen molar-refractivity contribution in [3.8, 4) is 23.0 Å². The van der Waals surface area contributed by atoms with Gasteiger partial charge in [-0.3, -0.25) is 20.4 Å². The molecular weight excluding hydrogens is 457 g/mol. The van der Waals surface area contributed by atoms with Crippen LogP contribution in [0.25, 0.3) is 6.08 Å². The highest BCUT2D eigenvalue weighted by atomic mass is 19.4. The summed E-state index contributed by atoms with van der Waals surface area (Å²) < 4.78 is 58.1. The van der Waals surface area contributed by atoms with Crippen molar-refractivity contribution in [1.82, 2.24) is 10.9 Å². The van der Waals surface area contributed by atoms with Gasteiger partial charge in [-0.05, 0) is 45.0 Å². The van der Waals surface area contributed by atoms with Crippen LogP contribution in [0.15, 0.2) is 42.5 Å². The number of halogens is 3. The molecule has 0 aliphatic heterocycles. The summed E-state index contributed by atoms with van der Waals surface area (Å²) in [5.41, 5.74) is 4.54. The van der Waals surface area contributed by atoms with Gasteiger partial charge >= 0.3 is 6.36 Å². The largest absolute Gasteiger partial charge is 0.573 e. The molecule has 2 aromatic carbocycles. The smallest absolute Gasteiger partial charge is 0.490 e. The molecule has 0 saturated carbocycles. The Labute approximate surface area is 194 Å². The Balaban J connectivity index is 2.12. The first kappa shape index (κ1) is 26.4. The van der Waals surface area contributed by atoms with E-state index in [0.29, 0.717) is 37.1 Å². The summed E-state index contributed by atoms with van der Waals surface area (Å²) in [5, 5.41) is 0. The van der Waals surface area contributed by atoms with Crippen molar-refractivity contribution in [2.45, 2.75) is 27.1 Å². The van der Waals surface area contributed by atoms with Crippen LogP contribution in [-0.4, -0.2) is 38.0 Å². The van der Waals surface area contributed by atoms with Crippen LogP contribution in [0.1, 0.15) is 36.7 Å². The lowest BCUT2D eigenvalue weighted by Gasteiger charge is -2.17. The van der Waals surface area contributed by atoms with Crippen LogP contribution < -0.4 is 29.8 Å². The Hall–Kier alpha value is -3.89. The number of ether oxygens (including phenoxy) is 4. The molecule has 2 rings (SSSR count). The highest BCUT2D eigenvalue weighted by Gasteiger charge is 2.31. The molecule has 0 atom stereocenters. The van der Waals surface area contributed by atoms with Crippen molar-refractivity contribution in [2.75, 3.05) is 19.8 Å². The molecule has 2 aromatic rings. The SMILES string of the molecule is CCOc1cc(C(=O)NNC(=O)/C=C/c2ccccc2OC(F)(F)F)cc(OCC)c1OCC. The Morgan fingerprint density at radius 3 is 2.03 bits per heavy atom. The fraction of sp³-hybridized carbons (Fsp3) is 0.304. The van der Waals surface area contributed by atoms with Gasteiger partial charge in [-0.15, -0.1) is 13.2 Å². The van der Waals surface area contributed by atoms with E-state index in [4.69, 9.17) is 14.2 Å². The van der Waals surface area contributed by atoms with Gasteiger partial charge in [-0.2, -0.15) is 0 Å². The first-order valence-electron chi connectivity index (χ1n) is 10.4. The van der Waals surface area contributed by atoms with Crippen molar-refractivity contribution >= 4 is 17.9 Å². The zero-order chi connectivity index (χ0) is 25.1. The van der Waals surface area contributed by atoms with Crippen molar-refractivity contribution in [3.63, 3.8) is 0 Å². The average molecular weight is 482 g/mol. The molecule has 2 N–H and O–H groups in total. The maximum Gasteiger partial charge on any atom is 0.573 e. The second kappa shape index (κ2) is 12.4. The summed E-state index contributed by atoms with van der Waals surface area (Å²) >= 11 is 0. The lowest BCUT2D eigenvalue weighted by molar-refractivity contribution is -0.274. The van der Waals surface area contributed by atoms with Crippen LogP contribution in [-0.2, 0) is 4.79 Å². The third-order valence-corrected chi connectivity index (χ3v) is 4.03. The van der Waals surface area contributed by atoms with Crippen molar-refractivity contribution in [3.05, 3.63) is 53.6 Å². The highest BCUT2D eigenvalue weighted by molar-refractivity contribution is 5.98. The first-order chi connectivity index (χ1) is 16.2. The number of carbonyl (C=O) groups excluding carboxylic acids is 2. The highest BCUT2D eigenvalue weighted by Crippen LogP contribution is 2.39. The van der Waals surface area contributed by atoms with Gasteiger partial charge in [-0.1, -0.05) is 18.2 Å². The van der Waals surface area contributed by atoms with Crippen LogP contribution in [0.4, 0.5) is 13.2 Å². The molecular formula is C23H25F3N2O6. The summed E-state index contributed by atoms with van der Waals surface area (Å²) in [7, 11) is 0. The van der Waals surface area contributed by atoms with Crippen LogP contribution in [0, 0.1) is 0 Å². The lowest BCUT2D eigenvalue weighted by Crippen LogP contribution is -2.40. The van der Waals surface area contributed by atoms with Gasteiger partial charge in [0.2, 0.25) is 5.75 Å². The van der Waals surface area contributed by atoms with Gasteiger partial charge in [0.1, 0.15) is 5.75 Å². The molecule has 0 aliphatic carbocycles. The standard InChI is InChI=1S/C23H25F3N2O6/c1-4-31-18-13-16(14-19(32-5-2)21(18)33-6-3)22(30)28-27-20(29)12-11-15-9-7-8-10-17(15)34-23(24,25)26/h7-14H,4-6H2,1-3H3,(H,27,29)(H,28,30)/b12-11+. The second-order valence-corrected chi connectivity index (χ2v) is 6.46. The molecule has 0 heterocycles. The summed E-state index contributed by atoms with van der Waals surface area (Å²) in [5.74, 6) is -0.969. The number of nitrogens with one attached hydrogen (secondary N) is 2. The molecule has 0 spiro atoms. The number of rotatable bonds is 10. The van der Waals surface area contributed by atoms with Crippen molar-refractivity contribution in [1.29, 1.82) is 0 Å².